The van der Waals surface area contributed by atoms with Crippen molar-refractivity contribution in [2.75, 3.05) is 0 Å². The van der Waals surface area contributed by atoms with Crippen molar-refractivity contribution in [1.82, 2.24) is 9.78 Å². The van der Waals surface area contributed by atoms with Gasteiger partial charge in [0.05, 0.1) is 24.4 Å². The molecule has 0 aliphatic carbocycles. The van der Waals surface area contributed by atoms with Crippen LogP contribution in [-0.4, -0.2) is 9.78 Å². The van der Waals surface area contributed by atoms with Gasteiger partial charge in [0.2, 0.25) is 0 Å². The summed E-state index contributed by atoms with van der Waals surface area (Å²) < 4.78 is 1.87. The van der Waals surface area contributed by atoms with Gasteiger partial charge in [0.25, 0.3) is 0 Å². The summed E-state index contributed by atoms with van der Waals surface area (Å²) in [6.45, 7) is 2.72. The molecule has 0 amide bonds. The quantitative estimate of drug-likeness (QED) is 0.739. The third-order valence-corrected chi connectivity index (χ3v) is 2.16. The molecular formula is C12H11N3. The van der Waals surface area contributed by atoms with Gasteiger partial charge in [0.1, 0.15) is 0 Å². The molecule has 0 unspecified atom stereocenters. The summed E-state index contributed by atoms with van der Waals surface area (Å²) >= 11 is 0. The zero-order chi connectivity index (χ0) is 10.7. The third-order valence-electron chi connectivity index (χ3n) is 2.16. The number of nitriles is 1. The molecule has 74 valence electrons. The Balaban J connectivity index is 2.21. The normalized spacial score (nSPS) is 9.87. The Kier molecular flexibility index (Phi) is 2.51. The molecule has 1 aromatic heterocycles. The zero-order valence-electron chi connectivity index (χ0n) is 8.51. The van der Waals surface area contributed by atoms with E-state index in [2.05, 4.69) is 11.2 Å². The van der Waals surface area contributed by atoms with Crippen molar-refractivity contribution >= 4 is 0 Å². The maximum Gasteiger partial charge on any atom is 0.0991 e. The van der Waals surface area contributed by atoms with Gasteiger partial charge in [-0.1, -0.05) is 12.1 Å². The summed E-state index contributed by atoms with van der Waals surface area (Å²) in [5.74, 6) is 0. The van der Waals surface area contributed by atoms with E-state index >= 15 is 0 Å². The highest BCUT2D eigenvalue weighted by molar-refractivity contribution is 5.32. The highest BCUT2D eigenvalue weighted by atomic mass is 15.3. The van der Waals surface area contributed by atoms with Crippen molar-refractivity contribution in [3.63, 3.8) is 0 Å². The maximum absolute atomic E-state index is 8.76. The molecule has 0 aliphatic rings. The SMILES string of the molecule is Cc1cnn(Cc2cccc(C#N)c2)c1. The van der Waals surface area contributed by atoms with Crippen LogP contribution < -0.4 is 0 Å². The van der Waals surface area contributed by atoms with E-state index in [1.807, 2.05) is 42.2 Å². The lowest BCUT2D eigenvalue weighted by Gasteiger charge is -2.01. The van der Waals surface area contributed by atoms with Crippen LogP contribution in [0, 0.1) is 18.3 Å². The van der Waals surface area contributed by atoms with Crippen LogP contribution in [0.15, 0.2) is 36.7 Å². The van der Waals surface area contributed by atoms with E-state index in [-0.39, 0.29) is 0 Å². The molecule has 1 aromatic carbocycles. The third kappa shape index (κ3) is 2.23. The first-order valence-corrected chi connectivity index (χ1v) is 4.76. The largest absolute Gasteiger partial charge is 0.268 e. The van der Waals surface area contributed by atoms with Crippen LogP contribution in [0.25, 0.3) is 0 Å². The number of hydrogen-bond donors (Lipinski definition) is 0. The first-order valence-electron chi connectivity index (χ1n) is 4.76. The Morgan fingerprint density at radius 3 is 3.00 bits per heavy atom. The maximum atomic E-state index is 8.76. The number of nitrogens with zero attached hydrogens (tertiary/aromatic N) is 3. The lowest BCUT2D eigenvalue weighted by molar-refractivity contribution is 0.686. The molecule has 0 saturated carbocycles. The van der Waals surface area contributed by atoms with Crippen molar-refractivity contribution in [1.29, 1.82) is 5.26 Å². The molecule has 0 bridgehead atoms. The minimum Gasteiger partial charge on any atom is -0.268 e. The van der Waals surface area contributed by atoms with Crippen LogP contribution in [0.3, 0.4) is 0 Å². The predicted octanol–water partition coefficient (Wildman–Crippen LogP) is 2.11. The van der Waals surface area contributed by atoms with Crippen LogP contribution in [0.5, 0.6) is 0 Å². The monoisotopic (exact) mass is 197 g/mol. The van der Waals surface area contributed by atoms with Gasteiger partial charge in [-0.2, -0.15) is 10.4 Å². The van der Waals surface area contributed by atoms with Gasteiger partial charge < -0.3 is 0 Å². The molecule has 2 rings (SSSR count). The average Bonchev–Trinajstić information content (AvgIpc) is 2.64. The molecule has 15 heavy (non-hydrogen) atoms. The second-order valence-corrected chi connectivity index (χ2v) is 3.53. The molecule has 0 N–H and O–H groups in total. The summed E-state index contributed by atoms with van der Waals surface area (Å²) in [4.78, 5) is 0. The topological polar surface area (TPSA) is 41.6 Å². The van der Waals surface area contributed by atoms with Gasteiger partial charge in [-0.15, -0.1) is 0 Å². The molecule has 1 heterocycles. The Labute approximate surface area is 88.6 Å². The molecule has 0 saturated heterocycles. The summed E-state index contributed by atoms with van der Waals surface area (Å²) in [7, 11) is 0. The second kappa shape index (κ2) is 3.97. The number of aromatic nitrogens is 2. The van der Waals surface area contributed by atoms with E-state index in [4.69, 9.17) is 5.26 Å². The summed E-state index contributed by atoms with van der Waals surface area (Å²) in [6, 6.07) is 9.71. The van der Waals surface area contributed by atoms with E-state index in [0.717, 1.165) is 11.1 Å². The zero-order valence-corrected chi connectivity index (χ0v) is 8.51. The molecular weight excluding hydrogens is 186 g/mol. The predicted molar refractivity (Wildman–Crippen MR) is 57.2 cm³/mol. The molecule has 0 radical (unpaired) electrons. The highest BCUT2D eigenvalue weighted by Crippen LogP contribution is 2.06. The summed E-state index contributed by atoms with van der Waals surface area (Å²) in [5.41, 5.74) is 2.93. The van der Waals surface area contributed by atoms with Gasteiger partial charge in [-0.25, -0.2) is 0 Å². The molecule has 3 heteroatoms. The lowest BCUT2D eigenvalue weighted by Crippen LogP contribution is -1.99. The fourth-order valence-corrected chi connectivity index (χ4v) is 1.48. The smallest absolute Gasteiger partial charge is 0.0991 e. The number of benzene rings is 1. The van der Waals surface area contributed by atoms with E-state index in [9.17, 15) is 0 Å². The van der Waals surface area contributed by atoms with E-state index in [1.165, 1.54) is 0 Å². The highest BCUT2D eigenvalue weighted by Gasteiger charge is 1.98. The minimum absolute atomic E-state index is 0.691. The molecule has 0 spiro atoms. The van der Waals surface area contributed by atoms with Gasteiger partial charge >= 0.3 is 0 Å². The minimum atomic E-state index is 0.691. The van der Waals surface area contributed by atoms with Crippen molar-refractivity contribution in [3.05, 3.63) is 53.3 Å². The number of rotatable bonds is 2. The van der Waals surface area contributed by atoms with Gasteiger partial charge in [0, 0.05) is 6.20 Å². The van der Waals surface area contributed by atoms with Crippen molar-refractivity contribution in [2.45, 2.75) is 13.5 Å². The first kappa shape index (κ1) is 9.47. The first-order chi connectivity index (χ1) is 7.28. The lowest BCUT2D eigenvalue weighted by atomic mass is 10.1. The Hall–Kier alpha value is -2.08. The standard InChI is InChI=1S/C12H11N3/c1-10-7-14-15(8-10)9-12-4-2-3-11(5-12)6-13/h2-5,7-8H,9H2,1H3. The number of hydrogen-bond acceptors (Lipinski definition) is 2. The Morgan fingerprint density at radius 1 is 1.47 bits per heavy atom. The fraction of sp³-hybridized carbons (Fsp3) is 0.167. The van der Waals surface area contributed by atoms with Crippen LogP contribution in [0.4, 0.5) is 0 Å². The summed E-state index contributed by atoms with van der Waals surface area (Å²) in [5, 5.41) is 13.0. The molecule has 3 nitrogen and oxygen atoms in total. The van der Waals surface area contributed by atoms with Crippen molar-refractivity contribution < 1.29 is 0 Å². The average molecular weight is 197 g/mol. The van der Waals surface area contributed by atoms with Crippen LogP contribution in [0.2, 0.25) is 0 Å². The van der Waals surface area contributed by atoms with E-state index in [1.54, 1.807) is 6.07 Å². The second-order valence-electron chi connectivity index (χ2n) is 3.53. The van der Waals surface area contributed by atoms with Gasteiger partial charge in [-0.3, -0.25) is 4.68 Å². The van der Waals surface area contributed by atoms with Gasteiger partial charge in [0.15, 0.2) is 0 Å². The summed E-state index contributed by atoms with van der Waals surface area (Å²) in [6.07, 6.45) is 3.81. The van der Waals surface area contributed by atoms with Crippen LogP contribution in [0.1, 0.15) is 16.7 Å². The Morgan fingerprint density at radius 2 is 2.33 bits per heavy atom. The van der Waals surface area contributed by atoms with Crippen LogP contribution >= 0.6 is 0 Å². The van der Waals surface area contributed by atoms with Gasteiger partial charge in [-0.05, 0) is 30.2 Å². The van der Waals surface area contributed by atoms with Crippen LogP contribution in [-0.2, 0) is 6.54 Å². The van der Waals surface area contributed by atoms with E-state index in [0.29, 0.717) is 12.1 Å². The molecule has 0 aliphatic heterocycles. The van der Waals surface area contributed by atoms with Crippen molar-refractivity contribution in [2.24, 2.45) is 0 Å². The molecule has 0 atom stereocenters. The van der Waals surface area contributed by atoms with E-state index < -0.39 is 0 Å². The Bertz CT molecular complexity index is 506. The number of aryl methyl sites for hydroxylation is 1. The fourth-order valence-electron chi connectivity index (χ4n) is 1.48. The molecule has 2 aromatic rings. The van der Waals surface area contributed by atoms with Crippen molar-refractivity contribution in [3.8, 4) is 6.07 Å². The molecule has 0 fully saturated rings.